The Morgan fingerprint density at radius 1 is 0.976 bits per heavy atom. The van der Waals surface area contributed by atoms with Crippen molar-refractivity contribution in [1.29, 1.82) is 0 Å². The number of sulfonamides is 1. The molecule has 2 heterocycles. The van der Waals surface area contributed by atoms with E-state index < -0.39 is 10.0 Å². The summed E-state index contributed by atoms with van der Waals surface area (Å²) in [6.07, 6.45) is 1.59. The van der Waals surface area contributed by atoms with E-state index in [9.17, 15) is 18.0 Å². The molecule has 1 N–H and O–H groups in total. The van der Waals surface area contributed by atoms with E-state index in [1.165, 1.54) is 4.31 Å². The summed E-state index contributed by atoms with van der Waals surface area (Å²) in [5.41, 5.74) is 3.78. The van der Waals surface area contributed by atoms with Gasteiger partial charge in [0.05, 0.1) is 18.6 Å². The number of benzene rings is 3. The number of methoxy groups -OCH3 is 1. The molecule has 41 heavy (non-hydrogen) atoms. The molecule has 0 radical (unpaired) electrons. The molecule has 3 aromatic rings. The Kier molecular flexibility index (Phi) is 8.32. The number of piperidine rings is 1. The number of rotatable bonds is 8. The Morgan fingerprint density at radius 3 is 2.37 bits per heavy atom. The second-order valence-corrected chi connectivity index (χ2v) is 12.2. The first-order chi connectivity index (χ1) is 19.7. The predicted molar refractivity (Wildman–Crippen MR) is 157 cm³/mol. The van der Waals surface area contributed by atoms with E-state index in [0.29, 0.717) is 48.7 Å². The Bertz CT molecular complexity index is 1550. The molecule has 0 spiro atoms. The molecule has 9 nitrogen and oxygen atoms in total. The topological polar surface area (TPSA) is 105 Å². The molecule has 1 saturated heterocycles. The highest BCUT2D eigenvalue weighted by Crippen LogP contribution is 2.33. The normalized spacial score (nSPS) is 15.8. The average molecular weight is 578 g/mol. The van der Waals surface area contributed by atoms with E-state index in [2.05, 4.69) is 5.32 Å². The van der Waals surface area contributed by atoms with E-state index in [0.717, 1.165) is 23.2 Å². The van der Waals surface area contributed by atoms with Crippen LogP contribution in [-0.4, -0.2) is 57.9 Å². The van der Waals surface area contributed by atoms with Crippen LogP contribution in [0, 0.1) is 12.8 Å². The van der Waals surface area contributed by atoms with Gasteiger partial charge in [0, 0.05) is 42.5 Å². The third-order valence-corrected chi connectivity index (χ3v) is 9.63. The van der Waals surface area contributed by atoms with Gasteiger partial charge in [-0.3, -0.25) is 9.59 Å². The number of hydrogen-bond donors (Lipinski definition) is 1. The van der Waals surface area contributed by atoms with E-state index in [1.54, 1.807) is 54.5 Å². The maximum absolute atomic E-state index is 13.3. The first-order valence-electron chi connectivity index (χ1n) is 13.8. The lowest BCUT2D eigenvalue weighted by Crippen LogP contribution is -2.41. The third-order valence-electron chi connectivity index (χ3n) is 7.74. The fourth-order valence-electron chi connectivity index (χ4n) is 5.41. The fourth-order valence-corrected chi connectivity index (χ4v) is 6.96. The third kappa shape index (κ3) is 5.94. The largest absolute Gasteiger partial charge is 0.497 e. The Balaban J connectivity index is 1.21. The number of carbonyl (C=O) groups is 2. The first kappa shape index (κ1) is 28.6. The summed E-state index contributed by atoms with van der Waals surface area (Å²) in [5, 5.41) is 2.99. The number of ether oxygens (including phenoxy) is 2. The maximum Gasteiger partial charge on any atom is 0.258 e. The maximum atomic E-state index is 13.3. The molecule has 10 heteroatoms. The number of aryl methyl sites for hydroxylation is 1. The highest BCUT2D eigenvalue weighted by molar-refractivity contribution is 7.89. The van der Waals surface area contributed by atoms with E-state index in [-0.39, 0.29) is 35.7 Å². The summed E-state index contributed by atoms with van der Waals surface area (Å²) >= 11 is 0. The second-order valence-electron chi connectivity index (χ2n) is 10.3. The molecule has 2 aliphatic rings. The predicted octanol–water partition coefficient (Wildman–Crippen LogP) is 4.64. The van der Waals surface area contributed by atoms with Gasteiger partial charge in [0.25, 0.3) is 5.91 Å². The standard InChI is InChI=1S/C31H35N3O6S/c1-4-40-29-12-11-27(19-21(29)2)41(37,38)33-16-13-23(14-17-33)30(35)32-25-8-5-22-15-18-34(28(22)20-25)31(36)24-6-9-26(39-3)10-7-24/h5-12,19-20,23H,4,13-18H2,1-3H3,(H,32,35). The zero-order valence-corrected chi connectivity index (χ0v) is 24.4. The van der Waals surface area contributed by atoms with Crippen molar-refractivity contribution in [3.05, 3.63) is 77.4 Å². The lowest BCUT2D eigenvalue weighted by atomic mass is 9.97. The van der Waals surface area contributed by atoms with E-state index in [1.807, 2.05) is 32.0 Å². The number of carbonyl (C=O) groups excluding carboxylic acids is 2. The van der Waals surface area contributed by atoms with Crippen molar-refractivity contribution in [2.45, 2.75) is 38.0 Å². The van der Waals surface area contributed by atoms with Crippen LogP contribution in [0.4, 0.5) is 11.4 Å². The Morgan fingerprint density at radius 2 is 1.71 bits per heavy atom. The minimum Gasteiger partial charge on any atom is -0.497 e. The SMILES string of the molecule is CCOc1ccc(S(=O)(=O)N2CCC(C(=O)Nc3ccc4c(c3)N(C(=O)c3ccc(OC)cc3)CC4)CC2)cc1C. The molecule has 0 unspecified atom stereocenters. The van der Waals surface area contributed by atoms with Gasteiger partial charge >= 0.3 is 0 Å². The highest BCUT2D eigenvalue weighted by Gasteiger charge is 2.33. The molecule has 0 aromatic heterocycles. The minimum atomic E-state index is -3.67. The molecule has 216 valence electrons. The van der Waals surface area contributed by atoms with Crippen molar-refractivity contribution in [3.63, 3.8) is 0 Å². The van der Waals surface area contributed by atoms with Gasteiger partial charge < -0.3 is 19.7 Å². The summed E-state index contributed by atoms with van der Waals surface area (Å²) < 4.78 is 38.7. The molecule has 3 aromatic carbocycles. The fraction of sp³-hybridized carbons (Fsp3) is 0.355. The van der Waals surface area contributed by atoms with Crippen LogP contribution in [-0.2, 0) is 21.2 Å². The minimum absolute atomic E-state index is 0.105. The van der Waals surface area contributed by atoms with Crippen LogP contribution < -0.4 is 19.7 Å². The second kappa shape index (κ2) is 11.9. The molecule has 0 saturated carbocycles. The zero-order valence-electron chi connectivity index (χ0n) is 23.6. The van der Waals surface area contributed by atoms with Gasteiger partial charge in [0.2, 0.25) is 15.9 Å². The van der Waals surface area contributed by atoms with Crippen molar-refractivity contribution in [2.24, 2.45) is 5.92 Å². The smallest absolute Gasteiger partial charge is 0.258 e. The molecular weight excluding hydrogens is 542 g/mol. The van der Waals surface area contributed by atoms with Gasteiger partial charge in [-0.2, -0.15) is 4.31 Å². The molecule has 5 rings (SSSR count). The molecule has 2 aliphatic heterocycles. The molecule has 0 aliphatic carbocycles. The lowest BCUT2D eigenvalue weighted by molar-refractivity contribution is -0.120. The van der Waals surface area contributed by atoms with Gasteiger partial charge in [0.15, 0.2) is 0 Å². The summed E-state index contributed by atoms with van der Waals surface area (Å²) in [6.45, 7) is 5.32. The highest BCUT2D eigenvalue weighted by atomic mass is 32.2. The van der Waals surface area contributed by atoms with Crippen LogP contribution in [0.3, 0.4) is 0 Å². The average Bonchev–Trinajstić information content (AvgIpc) is 3.41. The van der Waals surface area contributed by atoms with Crippen LogP contribution in [0.25, 0.3) is 0 Å². The van der Waals surface area contributed by atoms with Crippen molar-refractivity contribution in [1.82, 2.24) is 4.31 Å². The lowest BCUT2D eigenvalue weighted by Gasteiger charge is -2.30. The summed E-state index contributed by atoms with van der Waals surface area (Å²) in [6, 6.07) is 17.5. The molecule has 2 amide bonds. The summed E-state index contributed by atoms with van der Waals surface area (Å²) in [7, 11) is -2.09. The number of hydrogen-bond acceptors (Lipinski definition) is 6. The number of anilines is 2. The first-order valence-corrected chi connectivity index (χ1v) is 15.3. The van der Waals surface area contributed by atoms with Crippen molar-refractivity contribution < 1.29 is 27.5 Å². The van der Waals surface area contributed by atoms with Gasteiger partial charge in [-0.1, -0.05) is 6.07 Å². The quantitative estimate of drug-likeness (QED) is 0.418. The summed E-state index contributed by atoms with van der Waals surface area (Å²) in [5.74, 6) is 0.787. The van der Waals surface area contributed by atoms with Gasteiger partial charge in [-0.15, -0.1) is 0 Å². The molecule has 0 bridgehead atoms. The van der Waals surface area contributed by atoms with E-state index in [4.69, 9.17) is 9.47 Å². The van der Waals surface area contributed by atoms with E-state index >= 15 is 0 Å². The monoisotopic (exact) mass is 577 g/mol. The van der Waals surface area contributed by atoms with Crippen LogP contribution in [0.15, 0.2) is 65.6 Å². The van der Waals surface area contributed by atoms with Crippen LogP contribution in [0.2, 0.25) is 0 Å². The molecule has 0 atom stereocenters. The van der Waals surface area contributed by atoms with Crippen molar-refractivity contribution in [3.8, 4) is 11.5 Å². The Labute approximate surface area is 241 Å². The van der Waals surface area contributed by atoms with Crippen molar-refractivity contribution in [2.75, 3.05) is 43.6 Å². The Hall–Kier alpha value is -3.89. The molecular formula is C31H35N3O6S. The van der Waals surface area contributed by atoms with Crippen LogP contribution in [0.5, 0.6) is 11.5 Å². The summed E-state index contributed by atoms with van der Waals surface area (Å²) in [4.78, 5) is 28.3. The van der Waals surface area contributed by atoms with Crippen molar-refractivity contribution >= 4 is 33.2 Å². The van der Waals surface area contributed by atoms with Crippen LogP contribution in [0.1, 0.15) is 41.3 Å². The van der Waals surface area contributed by atoms with Gasteiger partial charge in [-0.25, -0.2) is 8.42 Å². The van der Waals surface area contributed by atoms with Gasteiger partial charge in [-0.05, 0) is 98.8 Å². The number of nitrogens with one attached hydrogen (secondary N) is 1. The number of nitrogens with zero attached hydrogens (tertiary/aromatic N) is 2. The van der Waals surface area contributed by atoms with Gasteiger partial charge in [0.1, 0.15) is 11.5 Å². The number of amides is 2. The molecule has 1 fully saturated rings. The zero-order chi connectivity index (χ0) is 29.1. The number of fused-ring (bicyclic) bond motifs is 1. The van der Waals surface area contributed by atoms with Crippen LogP contribution >= 0.6 is 0 Å².